The lowest BCUT2D eigenvalue weighted by atomic mass is 10.1. The molecule has 0 saturated heterocycles. The van der Waals surface area contributed by atoms with Crippen LogP contribution in [0.25, 0.3) is 5.65 Å². The third-order valence-electron chi connectivity index (χ3n) is 4.03. The number of rotatable bonds is 3. The quantitative estimate of drug-likeness (QED) is 0.754. The topological polar surface area (TPSA) is 86.9 Å². The average molecular weight is 289 g/mol. The molecule has 2 aromatic heterocycles. The fraction of sp³-hybridized carbons (Fsp3) is 0.467. The largest absolute Gasteiger partial charge is 0.476 e. The van der Waals surface area contributed by atoms with E-state index in [1.807, 2.05) is 6.07 Å². The molecule has 1 aliphatic carbocycles. The number of carboxylic acids is 1. The number of imidazole rings is 1. The molecule has 2 unspecified atom stereocenters. The van der Waals surface area contributed by atoms with E-state index in [1.165, 1.54) is 0 Å². The lowest BCUT2D eigenvalue weighted by Crippen LogP contribution is -2.33. The highest BCUT2D eigenvalue weighted by Crippen LogP contribution is 2.24. The van der Waals surface area contributed by atoms with E-state index in [4.69, 9.17) is 0 Å². The van der Waals surface area contributed by atoms with Gasteiger partial charge in [-0.25, -0.2) is 9.78 Å². The van der Waals surface area contributed by atoms with Crippen molar-refractivity contribution in [2.45, 2.75) is 44.2 Å². The Morgan fingerprint density at radius 3 is 2.90 bits per heavy atom. The van der Waals surface area contributed by atoms with Gasteiger partial charge in [-0.2, -0.15) is 0 Å². The number of carbonyl (C=O) groups is 1. The van der Waals surface area contributed by atoms with E-state index in [9.17, 15) is 15.0 Å². The second-order valence-electron chi connectivity index (χ2n) is 5.50. The van der Waals surface area contributed by atoms with Crippen LogP contribution in [0.2, 0.25) is 0 Å². The van der Waals surface area contributed by atoms with Gasteiger partial charge in [-0.3, -0.25) is 4.40 Å². The first-order valence-corrected chi connectivity index (χ1v) is 7.32. The average Bonchev–Trinajstić information content (AvgIpc) is 2.71. The molecule has 0 radical (unpaired) electrons. The molecule has 2 aromatic rings. The molecule has 0 aliphatic heterocycles. The summed E-state index contributed by atoms with van der Waals surface area (Å²) >= 11 is 0. The SMILES string of the molecule is O=C(O)c1c(NC2CCCCCC2O)nc2ccccn12. The number of pyridine rings is 1. The number of nitrogens with zero attached hydrogens (tertiary/aromatic N) is 2. The van der Waals surface area contributed by atoms with Crippen LogP contribution in [-0.2, 0) is 0 Å². The monoisotopic (exact) mass is 289 g/mol. The van der Waals surface area contributed by atoms with Gasteiger partial charge in [-0.15, -0.1) is 0 Å². The molecule has 1 fully saturated rings. The molecule has 21 heavy (non-hydrogen) atoms. The lowest BCUT2D eigenvalue weighted by Gasteiger charge is -2.21. The van der Waals surface area contributed by atoms with E-state index >= 15 is 0 Å². The zero-order valence-electron chi connectivity index (χ0n) is 11.7. The highest BCUT2D eigenvalue weighted by molar-refractivity contribution is 5.93. The Balaban J connectivity index is 1.95. The Hall–Kier alpha value is -2.08. The summed E-state index contributed by atoms with van der Waals surface area (Å²) < 4.78 is 1.55. The molecule has 0 bridgehead atoms. The molecule has 0 amide bonds. The van der Waals surface area contributed by atoms with Crippen LogP contribution in [0.5, 0.6) is 0 Å². The molecule has 2 atom stereocenters. The number of hydrogen-bond donors (Lipinski definition) is 3. The van der Waals surface area contributed by atoms with Crippen LogP contribution in [0.3, 0.4) is 0 Å². The third-order valence-corrected chi connectivity index (χ3v) is 4.03. The molecular weight excluding hydrogens is 270 g/mol. The Labute approximate surface area is 122 Å². The summed E-state index contributed by atoms with van der Waals surface area (Å²) in [6, 6.07) is 5.21. The van der Waals surface area contributed by atoms with Crippen LogP contribution in [0.1, 0.15) is 42.6 Å². The van der Waals surface area contributed by atoms with Crippen molar-refractivity contribution in [1.82, 2.24) is 9.38 Å². The number of aromatic nitrogens is 2. The summed E-state index contributed by atoms with van der Waals surface area (Å²) in [4.78, 5) is 15.9. The van der Waals surface area contributed by atoms with Gasteiger partial charge in [0.2, 0.25) is 0 Å². The van der Waals surface area contributed by atoms with Crippen LogP contribution >= 0.6 is 0 Å². The van der Waals surface area contributed by atoms with Crippen LogP contribution < -0.4 is 5.32 Å². The maximum absolute atomic E-state index is 11.5. The van der Waals surface area contributed by atoms with Gasteiger partial charge in [0.05, 0.1) is 12.1 Å². The number of nitrogens with one attached hydrogen (secondary N) is 1. The Bertz CT molecular complexity index is 653. The van der Waals surface area contributed by atoms with Gasteiger partial charge in [0, 0.05) is 6.20 Å². The van der Waals surface area contributed by atoms with E-state index in [0.717, 1.165) is 32.1 Å². The molecule has 3 rings (SSSR count). The van der Waals surface area contributed by atoms with Gasteiger partial charge in [0.15, 0.2) is 11.5 Å². The van der Waals surface area contributed by atoms with Crippen molar-refractivity contribution in [3.63, 3.8) is 0 Å². The third kappa shape index (κ3) is 2.71. The predicted octanol–water partition coefficient (Wildman–Crippen LogP) is 2.14. The first-order chi connectivity index (χ1) is 10.2. The van der Waals surface area contributed by atoms with E-state index in [0.29, 0.717) is 11.5 Å². The number of fused-ring (bicyclic) bond motifs is 1. The van der Waals surface area contributed by atoms with Gasteiger partial charge in [0.1, 0.15) is 5.65 Å². The van der Waals surface area contributed by atoms with Gasteiger partial charge >= 0.3 is 5.97 Å². The molecule has 6 heteroatoms. The number of aliphatic hydroxyl groups excluding tert-OH is 1. The summed E-state index contributed by atoms with van der Waals surface area (Å²) in [5.74, 6) is -0.695. The fourth-order valence-electron chi connectivity index (χ4n) is 2.93. The summed E-state index contributed by atoms with van der Waals surface area (Å²) in [6.45, 7) is 0. The van der Waals surface area contributed by atoms with Crippen LogP contribution in [0, 0.1) is 0 Å². The number of hydrogen-bond acceptors (Lipinski definition) is 4. The van der Waals surface area contributed by atoms with Crippen LogP contribution in [0.4, 0.5) is 5.82 Å². The van der Waals surface area contributed by atoms with Crippen LogP contribution in [-0.4, -0.2) is 37.7 Å². The highest BCUT2D eigenvalue weighted by atomic mass is 16.4. The Morgan fingerprint density at radius 2 is 2.10 bits per heavy atom. The lowest BCUT2D eigenvalue weighted by molar-refractivity contribution is 0.0690. The molecule has 1 saturated carbocycles. The van der Waals surface area contributed by atoms with Gasteiger partial charge in [0.25, 0.3) is 0 Å². The fourth-order valence-corrected chi connectivity index (χ4v) is 2.93. The molecule has 0 spiro atoms. The van der Waals surface area contributed by atoms with Crippen molar-refractivity contribution in [2.75, 3.05) is 5.32 Å². The summed E-state index contributed by atoms with van der Waals surface area (Å²) in [6.07, 6.45) is 5.94. The summed E-state index contributed by atoms with van der Waals surface area (Å²) in [5.41, 5.74) is 0.697. The Morgan fingerprint density at radius 1 is 1.29 bits per heavy atom. The second kappa shape index (κ2) is 5.73. The van der Waals surface area contributed by atoms with Crippen molar-refractivity contribution in [3.8, 4) is 0 Å². The number of anilines is 1. The van der Waals surface area contributed by atoms with E-state index < -0.39 is 12.1 Å². The van der Waals surface area contributed by atoms with Gasteiger partial charge in [-0.1, -0.05) is 25.3 Å². The molecule has 112 valence electrons. The minimum absolute atomic E-state index is 0.113. The van der Waals surface area contributed by atoms with Gasteiger partial charge in [-0.05, 0) is 25.0 Å². The minimum Gasteiger partial charge on any atom is -0.476 e. The molecule has 2 heterocycles. The first kappa shape index (κ1) is 13.9. The predicted molar refractivity (Wildman–Crippen MR) is 78.7 cm³/mol. The normalized spacial score (nSPS) is 22.9. The standard InChI is InChI=1S/C15H19N3O3/c19-11-7-3-1-2-6-10(11)16-14-13(15(20)21)18-9-5-4-8-12(18)17-14/h4-5,8-11,16,19H,1-3,6-7H2,(H,20,21). The van der Waals surface area contributed by atoms with Gasteiger partial charge < -0.3 is 15.5 Å². The van der Waals surface area contributed by atoms with Crippen molar-refractivity contribution < 1.29 is 15.0 Å². The highest BCUT2D eigenvalue weighted by Gasteiger charge is 2.25. The summed E-state index contributed by atoms with van der Waals surface area (Å²) in [7, 11) is 0. The molecule has 3 N–H and O–H groups in total. The van der Waals surface area contributed by atoms with Crippen molar-refractivity contribution in [2.24, 2.45) is 0 Å². The van der Waals surface area contributed by atoms with Crippen molar-refractivity contribution >= 4 is 17.4 Å². The number of aliphatic hydroxyl groups is 1. The Kier molecular flexibility index (Phi) is 3.79. The van der Waals surface area contributed by atoms with Crippen LogP contribution in [0.15, 0.2) is 24.4 Å². The van der Waals surface area contributed by atoms with E-state index in [1.54, 1.807) is 22.7 Å². The number of aromatic carboxylic acids is 1. The minimum atomic E-state index is -1.03. The first-order valence-electron chi connectivity index (χ1n) is 7.32. The molecule has 6 nitrogen and oxygen atoms in total. The second-order valence-corrected chi connectivity index (χ2v) is 5.50. The number of carboxylic acid groups (broad SMARTS) is 1. The molecular formula is C15H19N3O3. The van der Waals surface area contributed by atoms with Crippen molar-refractivity contribution in [3.05, 3.63) is 30.1 Å². The molecule has 0 aromatic carbocycles. The van der Waals surface area contributed by atoms with Crippen molar-refractivity contribution in [1.29, 1.82) is 0 Å². The van der Waals surface area contributed by atoms with E-state index in [-0.39, 0.29) is 11.7 Å². The molecule has 1 aliphatic rings. The zero-order chi connectivity index (χ0) is 14.8. The maximum atomic E-state index is 11.5. The van der Waals surface area contributed by atoms with E-state index in [2.05, 4.69) is 10.3 Å². The summed E-state index contributed by atoms with van der Waals surface area (Å²) in [5, 5.41) is 22.8. The zero-order valence-corrected chi connectivity index (χ0v) is 11.7. The maximum Gasteiger partial charge on any atom is 0.356 e. The smallest absolute Gasteiger partial charge is 0.356 e.